The minimum Gasteiger partial charge on any atom is -0.325 e. The molecular weight excluding hydrogens is 368 g/mol. The number of hydrogen-bond donors (Lipinski definition) is 2. The highest BCUT2D eigenvalue weighted by molar-refractivity contribution is 9.10. The van der Waals surface area contributed by atoms with E-state index in [0.717, 1.165) is 4.47 Å². The number of amides is 2. The van der Waals surface area contributed by atoms with E-state index in [1.54, 1.807) is 12.1 Å². The van der Waals surface area contributed by atoms with Crippen LogP contribution in [0, 0.1) is 13.8 Å². The van der Waals surface area contributed by atoms with Crippen LogP contribution >= 0.6 is 15.9 Å². The number of benzene rings is 2. The van der Waals surface area contributed by atoms with Crippen molar-refractivity contribution in [3.63, 3.8) is 0 Å². The maximum atomic E-state index is 12.3. The molecular formula is C19H21BrN2O2. The molecule has 0 aromatic heterocycles. The van der Waals surface area contributed by atoms with Crippen LogP contribution in [0.5, 0.6) is 0 Å². The molecule has 0 saturated heterocycles. The second-order valence-corrected chi connectivity index (χ2v) is 6.76. The molecule has 5 heteroatoms. The van der Waals surface area contributed by atoms with Gasteiger partial charge in [0.25, 0.3) is 0 Å². The Morgan fingerprint density at radius 2 is 1.75 bits per heavy atom. The lowest BCUT2D eigenvalue weighted by atomic mass is 10.0. The van der Waals surface area contributed by atoms with E-state index < -0.39 is 0 Å². The fourth-order valence-electron chi connectivity index (χ4n) is 2.51. The monoisotopic (exact) mass is 388 g/mol. The quantitative estimate of drug-likeness (QED) is 0.786. The third kappa shape index (κ3) is 5.20. The highest BCUT2D eigenvalue weighted by atomic mass is 79.9. The molecule has 2 rings (SSSR count). The van der Waals surface area contributed by atoms with Crippen molar-refractivity contribution >= 4 is 39.1 Å². The average Bonchev–Trinajstić information content (AvgIpc) is 2.49. The highest BCUT2D eigenvalue weighted by Gasteiger charge is 2.10. The Morgan fingerprint density at radius 3 is 2.42 bits per heavy atom. The molecule has 126 valence electrons. The van der Waals surface area contributed by atoms with Crippen molar-refractivity contribution in [1.29, 1.82) is 0 Å². The van der Waals surface area contributed by atoms with Gasteiger partial charge in [0, 0.05) is 17.8 Å². The van der Waals surface area contributed by atoms with Crippen molar-refractivity contribution in [2.45, 2.75) is 33.6 Å². The average molecular weight is 389 g/mol. The molecule has 0 fully saturated rings. The van der Waals surface area contributed by atoms with E-state index in [9.17, 15) is 9.59 Å². The lowest BCUT2D eigenvalue weighted by Gasteiger charge is -2.12. The third-order valence-corrected chi connectivity index (χ3v) is 4.18. The van der Waals surface area contributed by atoms with Crippen molar-refractivity contribution in [1.82, 2.24) is 0 Å². The van der Waals surface area contributed by atoms with Gasteiger partial charge in [-0.25, -0.2) is 0 Å². The Hall–Kier alpha value is -2.14. The summed E-state index contributed by atoms with van der Waals surface area (Å²) < 4.78 is 0.835. The molecule has 0 spiro atoms. The Morgan fingerprint density at radius 1 is 1.00 bits per heavy atom. The molecule has 0 bridgehead atoms. The topological polar surface area (TPSA) is 58.2 Å². The molecule has 0 unspecified atom stereocenters. The van der Waals surface area contributed by atoms with Crippen LogP contribution in [0.1, 0.15) is 30.0 Å². The van der Waals surface area contributed by atoms with Gasteiger partial charge in [0.05, 0.1) is 11.4 Å². The fraction of sp³-hybridized carbons (Fsp3) is 0.263. The molecule has 0 heterocycles. The molecule has 0 atom stereocenters. The fourth-order valence-corrected chi connectivity index (χ4v) is 2.87. The van der Waals surface area contributed by atoms with E-state index in [2.05, 4.69) is 58.6 Å². The second kappa shape index (κ2) is 8.11. The lowest BCUT2D eigenvalue weighted by Crippen LogP contribution is -2.15. The summed E-state index contributed by atoms with van der Waals surface area (Å²) in [5.41, 5.74) is 4.77. The number of rotatable bonds is 5. The molecule has 0 aliphatic heterocycles. The zero-order chi connectivity index (χ0) is 17.7. The van der Waals surface area contributed by atoms with Gasteiger partial charge in [-0.05, 0) is 49.6 Å². The Kier molecular flexibility index (Phi) is 6.15. The van der Waals surface area contributed by atoms with Gasteiger partial charge >= 0.3 is 0 Å². The number of carbonyl (C=O) groups is 2. The summed E-state index contributed by atoms with van der Waals surface area (Å²) in [4.78, 5) is 23.6. The van der Waals surface area contributed by atoms with Crippen LogP contribution < -0.4 is 10.6 Å². The van der Waals surface area contributed by atoms with Crippen molar-refractivity contribution in [2.24, 2.45) is 0 Å². The highest BCUT2D eigenvalue weighted by Crippen LogP contribution is 2.26. The minimum atomic E-state index is -0.178. The first-order chi connectivity index (χ1) is 11.3. The zero-order valence-corrected chi connectivity index (χ0v) is 15.7. The van der Waals surface area contributed by atoms with Gasteiger partial charge in [-0.1, -0.05) is 39.7 Å². The number of carbonyl (C=O) groups excluding carboxylic acids is 2. The molecule has 0 aliphatic carbocycles. The maximum Gasteiger partial charge on any atom is 0.224 e. The summed E-state index contributed by atoms with van der Waals surface area (Å²) in [7, 11) is 0. The molecule has 2 amide bonds. The number of halogens is 1. The van der Waals surface area contributed by atoms with Crippen molar-refractivity contribution in [3.8, 4) is 0 Å². The van der Waals surface area contributed by atoms with Crippen LogP contribution in [0.2, 0.25) is 0 Å². The van der Waals surface area contributed by atoms with E-state index in [1.807, 2.05) is 6.07 Å². The summed E-state index contributed by atoms with van der Waals surface area (Å²) in [6, 6.07) is 11.6. The molecule has 4 nitrogen and oxygen atoms in total. The van der Waals surface area contributed by atoms with Crippen LogP contribution in [-0.2, 0) is 16.0 Å². The predicted octanol–water partition coefficient (Wildman–Crippen LogP) is 4.60. The van der Waals surface area contributed by atoms with E-state index in [1.165, 1.54) is 23.6 Å². The molecule has 0 aliphatic rings. The number of aryl methyl sites for hydroxylation is 3. The van der Waals surface area contributed by atoms with Crippen molar-refractivity contribution in [3.05, 3.63) is 57.6 Å². The standard InChI is InChI=1S/C19H21BrN2O2/c1-12-4-5-15(13(2)10-12)6-9-19(24)22-18-11-16(20)7-8-17(18)21-14(3)23/h4-5,7-8,10-11H,6,9H2,1-3H3,(H,21,23)(H,22,24). The first-order valence-corrected chi connectivity index (χ1v) is 8.57. The summed E-state index contributed by atoms with van der Waals surface area (Å²) in [5.74, 6) is -0.261. The van der Waals surface area contributed by atoms with Gasteiger partial charge in [0.1, 0.15) is 0 Å². The summed E-state index contributed by atoms with van der Waals surface area (Å²) in [6.07, 6.45) is 1.07. The van der Waals surface area contributed by atoms with Crippen molar-refractivity contribution in [2.75, 3.05) is 10.6 Å². The van der Waals surface area contributed by atoms with Gasteiger partial charge in [-0.15, -0.1) is 0 Å². The molecule has 2 aromatic carbocycles. The third-order valence-electron chi connectivity index (χ3n) is 3.69. The number of anilines is 2. The normalized spacial score (nSPS) is 10.3. The largest absolute Gasteiger partial charge is 0.325 e. The minimum absolute atomic E-state index is 0.0836. The first-order valence-electron chi connectivity index (χ1n) is 7.78. The smallest absolute Gasteiger partial charge is 0.224 e. The van der Waals surface area contributed by atoms with Crippen LogP contribution in [0.15, 0.2) is 40.9 Å². The van der Waals surface area contributed by atoms with Gasteiger partial charge in [0.2, 0.25) is 11.8 Å². The SMILES string of the molecule is CC(=O)Nc1ccc(Br)cc1NC(=O)CCc1ccc(C)cc1C. The number of nitrogens with one attached hydrogen (secondary N) is 2. The summed E-state index contributed by atoms with van der Waals surface area (Å²) in [6.45, 7) is 5.55. The number of hydrogen-bond acceptors (Lipinski definition) is 2. The van der Waals surface area contributed by atoms with E-state index in [4.69, 9.17) is 0 Å². The summed E-state index contributed by atoms with van der Waals surface area (Å²) in [5, 5.41) is 5.59. The Bertz CT molecular complexity index is 772. The van der Waals surface area contributed by atoms with Crippen LogP contribution in [-0.4, -0.2) is 11.8 Å². The Labute approximate surface area is 150 Å². The molecule has 2 aromatic rings. The summed E-state index contributed by atoms with van der Waals surface area (Å²) >= 11 is 3.38. The Balaban J connectivity index is 2.04. The van der Waals surface area contributed by atoms with E-state index in [-0.39, 0.29) is 11.8 Å². The molecule has 0 radical (unpaired) electrons. The van der Waals surface area contributed by atoms with E-state index >= 15 is 0 Å². The second-order valence-electron chi connectivity index (χ2n) is 5.85. The predicted molar refractivity (Wildman–Crippen MR) is 101 cm³/mol. The van der Waals surface area contributed by atoms with Crippen LogP contribution in [0.4, 0.5) is 11.4 Å². The zero-order valence-electron chi connectivity index (χ0n) is 14.1. The van der Waals surface area contributed by atoms with Crippen LogP contribution in [0.25, 0.3) is 0 Å². The van der Waals surface area contributed by atoms with Crippen molar-refractivity contribution < 1.29 is 9.59 Å². The maximum absolute atomic E-state index is 12.3. The van der Waals surface area contributed by atoms with Gasteiger partial charge in [-0.3, -0.25) is 9.59 Å². The van der Waals surface area contributed by atoms with Gasteiger partial charge in [-0.2, -0.15) is 0 Å². The van der Waals surface area contributed by atoms with Crippen LogP contribution in [0.3, 0.4) is 0 Å². The van der Waals surface area contributed by atoms with Gasteiger partial charge in [0.15, 0.2) is 0 Å². The first kappa shape index (κ1) is 18.2. The molecule has 0 saturated carbocycles. The molecule has 24 heavy (non-hydrogen) atoms. The van der Waals surface area contributed by atoms with Gasteiger partial charge < -0.3 is 10.6 Å². The van der Waals surface area contributed by atoms with E-state index in [0.29, 0.717) is 24.2 Å². The molecule has 2 N–H and O–H groups in total. The lowest BCUT2D eigenvalue weighted by molar-refractivity contribution is -0.116.